The van der Waals surface area contributed by atoms with Gasteiger partial charge < -0.3 is 5.73 Å². The number of isothiocyanates is 1. The van der Waals surface area contributed by atoms with Crippen LogP contribution in [0.1, 0.15) is 5.56 Å². The summed E-state index contributed by atoms with van der Waals surface area (Å²) >= 11 is 4.44. The molecule has 0 saturated heterocycles. The van der Waals surface area contributed by atoms with Crippen LogP contribution in [0.3, 0.4) is 0 Å². The van der Waals surface area contributed by atoms with Crippen molar-refractivity contribution in [3.8, 4) is 0 Å². The fourth-order valence-electron chi connectivity index (χ4n) is 1.11. The summed E-state index contributed by atoms with van der Waals surface area (Å²) in [6.07, 6.45) is 0.472. The van der Waals surface area contributed by atoms with E-state index in [0.717, 1.165) is 5.56 Å². The summed E-state index contributed by atoms with van der Waals surface area (Å²) in [6.45, 7) is 0. The van der Waals surface area contributed by atoms with Gasteiger partial charge in [-0.2, -0.15) is 0 Å². The molecule has 0 fully saturated rings. The maximum Gasteiger partial charge on any atom is 0.243 e. The Labute approximate surface area is 87.6 Å². The van der Waals surface area contributed by atoms with Crippen molar-refractivity contribution < 1.29 is 4.79 Å². The molecule has 1 atom stereocenters. The fourth-order valence-corrected chi connectivity index (χ4v) is 1.24. The van der Waals surface area contributed by atoms with Gasteiger partial charge in [-0.3, -0.25) is 4.79 Å². The highest BCUT2D eigenvalue weighted by Crippen LogP contribution is 2.04. The van der Waals surface area contributed by atoms with Gasteiger partial charge in [-0.15, -0.1) is 0 Å². The first-order valence-corrected chi connectivity index (χ1v) is 4.55. The second-order valence-corrected chi connectivity index (χ2v) is 3.01. The van der Waals surface area contributed by atoms with Gasteiger partial charge in [0.2, 0.25) is 5.91 Å². The van der Waals surface area contributed by atoms with Crippen LogP contribution in [0, 0.1) is 0 Å². The zero-order chi connectivity index (χ0) is 10.4. The van der Waals surface area contributed by atoms with Crippen molar-refractivity contribution in [3.63, 3.8) is 0 Å². The maximum atomic E-state index is 10.9. The molecule has 72 valence electrons. The summed E-state index contributed by atoms with van der Waals surface area (Å²) < 4.78 is 0. The minimum Gasteiger partial charge on any atom is -0.368 e. The SMILES string of the molecule is NC(=O)[C@H](Cc1ccccc1)N=C=S. The highest BCUT2D eigenvalue weighted by molar-refractivity contribution is 7.78. The van der Waals surface area contributed by atoms with Gasteiger partial charge in [-0.1, -0.05) is 30.3 Å². The fraction of sp³-hybridized carbons (Fsp3) is 0.200. The first kappa shape index (κ1) is 10.6. The van der Waals surface area contributed by atoms with Gasteiger partial charge in [-0.25, -0.2) is 4.99 Å². The third-order valence-corrected chi connectivity index (χ3v) is 1.91. The summed E-state index contributed by atoms with van der Waals surface area (Å²) in [5.74, 6) is -0.480. The van der Waals surface area contributed by atoms with E-state index in [2.05, 4.69) is 22.4 Å². The average molecular weight is 206 g/mol. The number of thiocarbonyl (C=S) groups is 1. The van der Waals surface area contributed by atoms with E-state index in [9.17, 15) is 4.79 Å². The highest BCUT2D eigenvalue weighted by Gasteiger charge is 2.13. The second-order valence-electron chi connectivity index (χ2n) is 2.83. The predicted molar refractivity (Wildman–Crippen MR) is 58.2 cm³/mol. The monoisotopic (exact) mass is 206 g/mol. The minimum absolute atomic E-state index is 0.472. The summed E-state index contributed by atoms with van der Waals surface area (Å²) in [7, 11) is 0. The zero-order valence-electron chi connectivity index (χ0n) is 7.51. The Morgan fingerprint density at radius 3 is 2.64 bits per heavy atom. The number of nitrogens with zero attached hydrogens (tertiary/aromatic N) is 1. The molecule has 0 spiro atoms. The van der Waals surface area contributed by atoms with Crippen molar-refractivity contribution in [1.82, 2.24) is 0 Å². The number of primary amides is 1. The third kappa shape index (κ3) is 3.09. The van der Waals surface area contributed by atoms with Gasteiger partial charge in [0.25, 0.3) is 0 Å². The Balaban J connectivity index is 2.75. The van der Waals surface area contributed by atoms with E-state index in [4.69, 9.17) is 5.73 Å². The second kappa shape index (κ2) is 5.27. The normalized spacial score (nSPS) is 11.4. The maximum absolute atomic E-state index is 10.9. The number of carbonyl (C=O) groups excluding carboxylic acids is 1. The molecule has 0 aromatic heterocycles. The summed E-state index contributed by atoms with van der Waals surface area (Å²) in [5, 5.41) is 2.18. The van der Waals surface area contributed by atoms with Crippen molar-refractivity contribution in [1.29, 1.82) is 0 Å². The molecule has 0 saturated carbocycles. The Morgan fingerprint density at radius 1 is 1.50 bits per heavy atom. The van der Waals surface area contributed by atoms with Crippen LogP contribution < -0.4 is 5.73 Å². The van der Waals surface area contributed by atoms with Crippen molar-refractivity contribution in [3.05, 3.63) is 35.9 Å². The molecule has 0 bridgehead atoms. The number of nitrogens with two attached hydrogens (primary N) is 1. The van der Waals surface area contributed by atoms with Gasteiger partial charge in [0, 0.05) is 6.42 Å². The Bertz CT molecular complexity index is 356. The minimum atomic E-state index is -0.602. The molecule has 1 aromatic rings. The van der Waals surface area contributed by atoms with Crippen LogP contribution in [0.2, 0.25) is 0 Å². The predicted octanol–water partition coefficient (Wildman–Crippen LogP) is 1.19. The third-order valence-electron chi connectivity index (χ3n) is 1.81. The van der Waals surface area contributed by atoms with Gasteiger partial charge in [0.05, 0.1) is 5.16 Å². The van der Waals surface area contributed by atoms with Crippen molar-refractivity contribution in [2.45, 2.75) is 12.5 Å². The van der Waals surface area contributed by atoms with E-state index in [1.54, 1.807) is 0 Å². The smallest absolute Gasteiger partial charge is 0.243 e. The van der Waals surface area contributed by atoms with E-state index >= 15 is 0 Å². The number of carbonyl (C=O) groups is 1. The van der Waals surface area contributed by atoms with Gasteiger partial charge in [0.1, 0.15) is 6.04 Å². The molecule has 1 amide bonds. The largest absolute Gasteiger partial charge is 0.368 e. The molecule has 3 nitrogen and oxygen atoms in total. The molecule has 0 aliphatic carbocycles. The number of amides is 1. The van der Waals surface area contributed by atoms with E-state index in [1.165, 1.54) is 0 Å². The quantitative estimate of drug-likeness (QED) is 0.594. The molecule has 0 aliphatic heterocycles. The number of hydrogen-bond donors (Lipinski definition) is 1. The summed E-state index contributed by atoms with van der Waals surface area (Å²) in [4.78, 5) is 14.6. The molecule has 1 aromatic carbocycles. The number of hydrogen-bond acceptors (Lipinski definition) is 3. The van der Waals surface area contributed by atoms with Crippen LogP contribution in [0.25, 0.3) is 0 Å². The van der Waals surface area contributed by atoms with E-state index in [0.29, 0.717) is 6.42 Å². The lowest BCUT2D eigenvalue weighted by Gasteiger charge is -2.05. The number of benzene rings is 1. The lowest BCUT2D eigenvalue weighted by Crippen LogP contribution is -2.28. The van der Waals surface area contributed by atoms with Crippen LogP contribution in [0.5, 0.6) is 0 Å². The van der Waals surface area contributed by atoms with Gasteiger partial charge in [-0.05, 0) is 17.8 Å². The molecular weight excluding hydrogens is 196 g/mol. The van der Waals surface area contributed by atoms with Gasteiger partial charge in [0.15, 0.2) is 0 Å². The average Bonchev–Trinajstić information content (AvgIpc) is 2.18. The number of rotatable bonds is 4. The summed E-state index contributed by atoms with van der Waals surface area (Å²) in [6, 6.07) is 8.92. The molecule has 0 aliphatic rings. The standard InChI is InChI=1S/C10H10N2OS/c11-10(13)9(12-7-14)6-8-4-2-1-3-5-8/h1-5,9H,6H2,(H2,11,13)/t9-/m0/s1. The number of aliphatic imine (C=N–C) groups is 1. The molecule has 0 heterocycles. The van der Waals surface area contributed by atoms with Crippen molar-refractivity contribution in [2.24, 2.45) is 10.7 Å². The zero-order valence-corrected chi connectivity index (χ0v) is 8.33. The topological polar surface area (TPSA) is 55.5 Å². The first-order valence-electron chi connectivity index (χ1n) is 4.14. The molecule has 1 rings (SSSR count). The molecular formula is C10H10N2OS. The van der Waals surface area contributed by atoms with Crippen LogP contribution in [0.15, 0.2) is 35.3 Å². The van der Waals surface area contributed by atoms with E-state index in [-0.39, 0.29) is 0 Å². The van der Waals surface area contributed by atoms with Crippen molar-refractivity contribution in [2.75, 3.05) is 0 Å². The van der Waals surface area contributed by atoms with Crippen LogP contribution >= 0.6 is 12.2 Å². The van der Waals surface area contributed by atoms with Crippen LogP contribution in [0.4, 0.5) is 0 Å². The Kier molecular flexibility index (Phi) is 3.98. The van der Waals surface area contributed by atoms with Gasteiger partial charge >= 0.3 is 0 Å². The first-order chi connectivity index (χ1) is 6.74. The van der Waals surface area contributed by atoms with E-state index < -0.39 is 11.9 Å². The molecule has 0 unspecified atom stereocenters. The lowest BCUT2D eigenvalue weighted by atomic mass is 10.1. The Morgan fingerprint density at radius 2 is 2.14 bits per heavy atom. The van der Waals surface area contributed by atoms with E-state index in [1.807, 2.05) is 30.3 Å². The molecule has 4 heteroatoms. The summed E-state index contributed by atoms with van der Waals surface area (Å²) in [5.41, 5.74) is 6.16. The highest BCUT2D eigenvalue weighted by atomic mass is 32.1. The van der Waals surface area contributed by atoms with Crippen LogP contribution in [-0.4, -0.2) is 17.1 Å². The van der Waals surface area contributed by atoms with Crippen LogP contribution in [-0.2, 0) is 11.2 Å². The van der Waals surface area contributed by atoms with Crippen molar-refractivity contribution >= 4 is 23.3 Å². The molecule has 0 radical (unpaired) electrons. The molecule has 14 heavy (non-hydrogen) atoms. The lowest BCUT2D eigenvalue weighted by molar-refractivity contribution is -0.119. The molecule has 2 N–H and O–H groups in total. The Hall–Kier alpha value is -1.51.